The number of nitrogens with one attached hydrogen (secondary N) is 1. The molecule has 2 aromatic carbocycles. The van der Waals surface area contributed by atoms with Crippen molar-refractivity contribution in [2.45, 2.75) is 19.5 Å². The predicted octanol–water partition coefficient (Wildman–Crippen LogP) is 3.57. The third-order valence-electron chi connectivity index (χ3n) is 4.32. The Hall–Kier alpha value is -2.66. The minimum Gasteiger partial charge on any atom is -0.466 e. The van der Waals surface area contributed by atoms with Crippen molar-refractivity contribution in [2.75, 3.05) is 7.11 Å². The Morgan fingerprint density at radius 1 is 1.12 bits per heavy atom. The first-order chi connectivity index (χ1) is 12.1. The van der Waals surface area contributed by atoms with Crippen LogP contribution >= 0.6 is 12.2 Å². The molecule has 0 spiro atoms. The van der Waals surface area contributed by atoms with Gasteiger partial charge in [-0.2, -0.15) is 0 Å². The number of carbonyl (C=O) groups excluding carboxylic acids is 1. The summed E-state index contributed by atoms with van der Waals surface area (Å²) in [6, 6.07) is 19.5. The summed E-state index contributed by atoms with van der Waals surface area (Å²) in [5.74, 6) is -0.348. The van der Waals surface area contributed by atoms with E-state index in [2.05, 4.69) is 5.32 Å². The molecule has 1 atom stereocenters. The average Bonchev–Trinajstić information content (AvgIpc) is 2.65. The lowest BCUT2D eigenvalue weighted by Crippen LogP contribution is -2.47. The van der Waals surface area contributed by atoms with Gasteiger partial charge in [-0.3, -0.25) is 0 Å². The number of esters is 1. The van der Waals surface area contributed by atoms with Gasteiger partial charge in [-0.1, -0.05) is 60.7 Å². The maximum Gasteiger partial charge on any atom is 0.337 e. The van der Waals surface area contributed by atoms with Crippen LogP contribution in [0.3, 0.4) is 0 Å². The largest absolute Gasteiger partial charge is 0.466 e. The Morgan fingerprint density at radius 3 is 2.32 bits per heavy atom. The van der Waals surface area contributed by atoms with Crippen molar-refractivity contribution in [1.29, 1.82) is 0 Å². The van der Waals surface area contributed by atoms with Gasteiger partial charge in [-0.15, -0.1) is 0 Å². The zero-order valence-electron chi connectivity index (χ0n) is 14.2. The molecule has 25 heavy (non-hydrogen) atoms. The van der Waals surface area contributed by atoms with Gasteiger partial charge in [-0.05, 0) is 30.3 Å². The molecule has 1 N–H and O–H groups in total. The second-order valence-corrected chi connectivity index (χ2v) is 6.24. The van der Waals surface area contributed by atoms with E-state index in [0.717, 1.165) is 16.8 Å². The van der Waals surface area contributed by atoms with Gasteiger partial charge < -0.3 is 15.0 Å². The van der Waals surface area contributed by atoms with Crippen LogP contribution in [-0.4, -0.2) is 23.1 Å². The number of methoxy groups -OCH3 is 1. The molecule has 0 aromatic heterocycles. The molecule has 1 aliphatic rings. The van der Waals surface area contributed by atoms with E-state index in [4.69, 9.17) is 17.0 Å². The van der Waals surface area contributed by atoms with Crippen molar-refractivity contribution in [3.8, 4) is 0 Å². The van der Waals surface area contributed by atoms with Crippen molar-refractivity contribution >= 4 is 23.3 Å². The molecule has 0 unspecified atom stereocenters. The molecule has 4 nitrogen and oxygen atoms in total. The van der Waals surface area contributed by atoms with E-state index >= 15 is 0 Å². The molecule has 0 aliphatic carbocycles. The first-order valence-electron chi connectivity index (χ1n) is 8.08. The SMILES string of the molecule is COC(=O)C1=C(C)N(Cc2ccccc2)C(=S)N[C@H]1c1ccccc1. The zero-order chi connectivity index (χ0) is 17.8. The van der Waals surface area contributed by atoms with Gasteiger partial charge in [0.05, 0.1) is 18.7 Å². The summed E-state index contributed by atoms with van der Waals surface area (Å²) in [5, 5.41) is 3.90. The van der Waals surface area contributed by atoms with Gasteiger partial charge in [0.2, 0.25) is 0 Å². The van der Waals surface area contributed by atoms with Crippen LogP contribution in [0.1, 0.15) is 24.1 Å². The summed E-state index contributed by atoms with van der Waals surface area (Å²) >= 11 is 5.58. The van der Waals surface area contributed by atoms with Crippen LogP contribution in [0.4, 0.5) is 0 Å². The second-order valence-electron chi connectivity index (χ2n) is 5.86. The lowest BCUT2D eigenvalue weighted by Gasteiger charge is -2.37. The summed E-state index contributed by atoms with van der Waals surface area (Å²) in [7, 11) is 1.40. The average molecular weight is 352 g/mol. The quantitative estimate of drug-likeness (QED) is 0.673. The maximum atomic E-state index is 12.5. The number of thiocarbonyl (C=S) groups is 1. The highest BCUT2D eigenvalue weighted by Gasteiger charge is 2.34. The van der Waals surface area contributed by atoms with Crippen molar-refractivity contribution < 1.29 is 9.53 Å². The number of allylic oxidation sites excluding steroid dienone is 1. The van der Waals surface area contributed by atoms with E-state index in [1.54, 1.807) is 0 Å². The summed E-state index contributed by atoms with van der Waals surface area (Å²) in [6.07, 6.45) is 0. The van der Waals surface area contributed by atoms with E-state index in [-0.39, 0.29) is 12.0 Å². The van der Waals surface area contributed by atoms with Crippen LogP contribution in [0, 0.1) is 0 Å². The Labute approximate surface area is 153 Å². The molecule has 3 rings (SSSR count). The van der Waals surface area contributed by atoms with E-state index in [1.807, 2.05) is 72.5 Å². The van der Waals surface area contributed by atoms with Crippen molar-refractivity contribution in [3.63, 3.8) is 0 Å². The molecule has 2 aromatic rings. The molecule has 0 fully saturated rings. The smallest absolute Gasteiger partial charge is 0.337 e. The number of benzene rings is 2. The number of hydrogen-bond donors (Lipinski definition) is 1. The van der Waals surface area contributed by atoms with Gasteiger partial charge in [0, 0.05) is 12.2 Å². The molecule has 0 bridgehead atoms. The normalized spacial score (nSPS) is 17.3. The van der Waals surface area contributed by atoms with E-state index in [1.165, 1.54) is 7.11 Å². The molecular weight excluding hydrogens is 332 g/mol. The highest BCUT2D eigenvalue weighted by atomic mass is 32.1. The number of rotatable bonds is 4. The molecule has 0 saturated heterocycles. The number of carbonyl (C=O) groups is 1. The molecule has 0 radical (unpaired) electrons. The fraction of sp³-hybridized carbons (Fsp3) is 0.200. The van der Waals surface area contributed by atoms with Crippen LogP contribution in [0.25, 0.3) is 0 Å². The van der Waals surface area contributed by atoms with Crippen LogP contribution < -0.4 is 5.32 Å². The monoisotopic (exact) mass is 352 g/mol. The van der Waals surface area contributed by atoms with Crippen LogP contribution in [-0.2, 0) is 16.1 Å². The number of nitrogens with zero attached hydrogens (tertiary/aromatic N) is 1. The highest BCUT2D eigenvalue weighted by Crippen LogP contribution is 2.32. The second kappa shape index (κ2) is 7.49. The van der Waals surface area contributed by atoms with E-state index < -0.39 is 0 Å². The fourth-order valence-electron chi connectivity index (χ4n) is 3.01. The van der Waals surface area contributed by atoms with Gasteiger partial charge in [-0.25, -0.2) is 4.79 Å². The lowest BCUT2D eigenvalue weighted by atomic mass is 9.95. The zero-order valence-corrected chi connectivity index (χ0v) is 15.0. The molecular formula is C20H20N2O2S. The Balaban J connectivity index is 2.02. The first kappa shape index (κ1) is 17.2. The van der Waals surface area contributed by atoms with Crippen LogP contribution in [0.2, 0.25) is 0 Å². The summed E-state index contributed by atoms with van der Waals surface area (Å²) < 4.78 is 5.04. The van der Waals surface area contributed by atoms with Gasteiger partial charge in [0.1, 0.15) is 0 Å². The summed E-state index contributed by atoms with van der Waals surface area (Å²) in [6.45, 7) is 2.51. The Kier molecular flexibility index (Phi) is 5.14. The molecule has 128 valence electrons. The lowest BCUT2D eigenvalue weighted by molar-refractivity contribution is -0.136. The molecule has 1 heterocycles. The molecule has 0 amide bonds. The van der Waals surface area contributed by atoms with Gasteiger partial charge >= 0.3 is 5.97 Å². The maximum absolute atomic E-state index is 12.5. The van der Waals surface area contributed by atoms with Crippen molar-refractivity contribution in [3.05, 3.63) is 83.1 Å². The third-order valence-corrected chi connectivity index (χ3v) is 4.66. The Bertz CT molecular complexity index is 803. The standard InChI is InChI=1S/C20H20N2O2S/c1-14-17(19(23)24-2)18(16-11-7-4-8-12-16)21-20(25)22(14)13-15-9-5-3-6-10-15/h3-12,18H,13H2,1-2H3,(H,21,25)/t18-/m0/s1. The minimum atomic E-state index is -0.348. The van der Waals surface area contributed by atoms with Crippen LogP contribution in [0.15, 0.2) is 71.9 Å². The third kappa shape index (κ3) is 3.56. The fourth-order valence-corrected chi connectivity index (χ4v) is 3.33. The Morgan fingerprint density at radius 2 is 1.72 bits per heavy atom. The first-order valence-corrected chi connectivity index (χ1v) is 8.48. The van der Waals surface area contributed by atoms with Crippen molar-refractivity contribution in [1.82, 2.24) is 10.2 Å². The van der Waals surface area contributed by atoms with Crippen molar-refractivity contribution in [2.24, 2.45) is 0 Å². The molecule has 5 heteroatoms. The topological polar surface area (TPSA) is 41.6 Å². The van der Waals surface area contributed by atoms with Gasteiger partial charge in [0.15, 0.2) is 5.11 Å². The summed E-state index contributed by atoms with van der Waals surface area (Å²) in [4.78, 5) is 14.4. The van der Waals surface area contributed by atoms with E-state index in [9.17, 15) is 4.79 Å². The molecule has 1 aliphatic heterocycles. The van der Waals surface area contributed by atoms with Crippen LogP contribution in [0.5, 0.6) is 0 Å². The van der Waals surface area contributed by atoms with Gasteiger partial charge in [0.25, 0.3) is 0 Å². The summed E-state index contributed by atoms with van der Waals surface area (Å²) in [5.41, 5.74) is 3.49. The highest BCUT2D eigenvalue weighted by molar-refractivity contribution is 7.80. The predicted molar refractivity (Wildman–Crippen MR) is 102 cm³/mol. The minimum absolute atomic E-state index is 0.312. The molecule has 0 saturated carbocycles. The number of ether oxygens (including phenoxy) is 1. The van der Waals surface area contributed by atoms with E-state index in [0.29, 0.717) is 17.2 Å². The number of hydrogen-bond acceptors (Lipinski definition) is 3.